The van der Waals surface area contributed by atoms with E-state index in [1.54, 1.807) is 0 Å². The smallest absolute Gasteiger partial charge is 0.230 e. The first-order valence-electron chi connectivity index (χ1n) is 7.94. The van der Waals surface area contributed by atoms with Crippen molar-refractivity contribution in [2.75, 3.05) is 0 Å². The Balaban J connectivity index is 1.57. The van der Waals surface area contributed by atoms with Crippen LogP contribution in [0.1, 0.15) is 57.5 Å². The van der Waals surface area contributed by atoms with Crippen LogP contribution in [0.4, 0.5) is 0 Å². The van der Waals surface area contributed by atoms with Gasteiger partial charge in [-0.15, -0.1) is 10.2 Å². The average Bonchev–Trinajstić information content (AvgIpc) is 3.10. The van der Waals surface area contributed by atoms with Gasteiger partial charge in [-0.25, -0.2) is 9.67 Å². The highest BCUT2D eigenvalue weighted by Crippen LogP contribution is 2.20. The highest BCUT2D eigenvalue weighted by molar-refractivity contribution is 4.99. The van der Waals surface area contributed by atoms with Crippen molar-refractivity contribution < 1.29 is 4.42 Å². The maximum Gasteiger partial charge on any atom is 0.230 e. The first-order chi connectivity index (χ1) is 10.5. The summed E-state index contributed by atoms with van der Waals surface area (Å²) in [6, 6.07) is 0.365. The largest absolute Gasteiger partial charge is 0.423 e. The monoisotopic (exact) mass is 304 g/mol. The van der Waals surface area contributed by atoms with Gasteiger partial charge in [-0.2, -0.15) is 5.10 Å². The molecule has 1 N–H and O–H groups in total. The zero-order valence-electron chi connectivity index (χ0n) is 13.8. The molecular formula is C15H24N6O. The quantitative estimate of drug-likeness (QED) is 0.924. The van der Waals surface area contributed by atoms with Crippen LogP contribution in [0, 0.1) is 0 Å². The Morgan fingerprint density at radius 3 is 2.82 bits per heavy atom. The van der Waals surface area contributed by atoms with Gasteiger partial charge >= 0.3 is 0 Å². The molecule has 2 aromatic heterocycles. The van der Waals surface area contributed by atoms with Gasteiger partial charge in [0.1, 0.15) is 5.82 Å². The van der Waals surface area contributed by atoms with E-state index in [4.69, 9.17) is 4.42 Å². The molecule has 7 heteroatoms. The summed E-state index contributed by atoms with van der Waals surface area (Å²) in [5.74, 6) is 3.35. The lowest BCUT2D eigenvalue weighted by molar-refractivity contribution is 0.325. The molecule has 1 aliphatic heterocycles. The maximum atomic E-state index is 5.71. The number of aryl methyl sites for hydroxylation is 2. The summed E-state index contributed by atoms with van der Waals surface area (Å²) in [7, 11) is 0. The molecule has 0 saturated heterocycles. The first kappa shape index (κ1) is 15.1. The molecular weight excluding hydrogens is 280 g/mol. The fourth-order valence-electron chi connectivity index (χ4n) is 2.54. The minimum atomic E-state index is -0.109. The molecule has 0 unspecified atom stereocenters. The summed E-state index contributed by atoms with van der Waals surface area (Å²) in [5.41, 5.74) is -0.109. The first-order valence-corrected chi connectivity index (χ1v) is 7.94. The van der Waals surface area contributed by atoms with Gasteiger partial charge in [0, 0.05) is 24.3 Å². The van der Waals surface area contributed by atoms with Crippen LogP contribution in [0.3, 0.4) is 0 Å². The molecule has 7 nitrogen and oxygen atoms in total. The van der Waals surface area contributed by atoms with Crippen LogP contribution in [-0.4, -0.2) is 31.0 Å². The normalized spacial score (nSPS) is 18.5. The Morgan fingerprint density at radius 1 is 1.32 bits per heavy atom. The second kappa shape index (κ2) is 5.79. The lowest BCUT2D eigenvalue weighted by Gasteiger charge is -2.22. The van der Waals surface area contributed by atoms with E-state index in [0.717, 1.165) is 37.5 Å². The van der Waals surface area contributed by atoms with E-state index in [2.05, 4.69) is 53.3 Å². The van der Waals surface area contributed by atoms with Crippen LogP contribution in [0.5, 0.6) is 0 Å². The minimum Gasteiger partial charge on any atom is -0.423 e. The second-order valence-electron chi connectivity index (χ2n) is 6.85. The number of hydrogen-bond acceptors (Lipinski definition) is 6. The third-order valence-electron chi connectivity index (χ3n) is 3.87. The number of nitrogens with one attached hydrogen (secondary N) is 1. The topological polar surface area (TPSA) is 81.7 Å². The molecule has 0 aromatic carbocycles. The third-order valence-corrected chi connectivity index (χ3v) is 3.87. The Kier molecular flexibility index (Phi) is 3.99. The molecule has 2 aromatic rings. The van der Waals surface area contributed by atoms with E-state index >= 15 is 0 Å². The lowest BCUT2D eigenvalue weighted by Crippen LogP contribution is -2.37. The van der Waals surface area contributed by atoms with Gasteiger partial charge in [-0.3, -0.25) is 0 Å². The summed E-state index contributed by atoms with van der Waals surface area (Å²) < 4.78 is 7.73. The van der Waals surface area contributed by atoms with Crippen molar-refractivity contribution in [2.24, 2.45) is 0 Å². The van der Waals surface area contributed by atoms with Gasteiger partial charge in [0.05, 0.1) is 13.1 Å². The molecule has 0 saturated carbocycles. The standard InChI is InChI=1S/C15H24N6O/c1-5-11-17-12-7-6-10(9-21(12)20-11)16-8-13-18-19-14(22-13)15(2,3)4/h10,16H,5-9H2,1-4H3/t10-/m1/s1. The molecule has 3 rings (SSSR count). The predicted octanol–water partition coefficient (Wildman–Crippen LogP) is 1.63. The second-order valence-corrected chi connectivity index (χ2v) is 6.85. The van der Waals surface area contributed by atoms with Crippen molar-refractivity contribution in [2.45, 2.75) is 71.5 Å². The summed E-state index contributed by atoms with van der Waals surface area (Å²) >= 11 is 0. The molecule has 0 aliphatic carbocycles. The van der Waals surface area contributed by atoms with Crippen LogP contribution in [0.15, 0.2) is 4.42 Å². The Bertz CT molecular complexity index is 639. The number of rotatable bonds is 4. The molecule has 0 spiro atoms. The molecule has 1 atom stereocenters. The molecule has 22 heavy (non-hydrogen) atoms. The van der Waals surface area contributed by atoms with E-state index in [1.807, 2.05) is 4.68 Å². The lowest BCUT2D eigenvalue weighted by atomic mass is 9.97. The highest BCUT2D eigenvalue weighted by Gasteiger charge is 2.23. The van der Waals surface area contributed by atoms with Crippen molar-refractivity contribution in [1.82, 2.24) is 30.3 Å². The van der Waals surface area contributed by atoms with Gasteiger partial charge in [-0.1, -0.05) is 27.7 Å². The van der Waals surface area contributed by atoms with E-state index in [1.165, 1.54) is 0 Å². The average molecular weight is 304 g/mol. The summed E-state index contributed by atoms with van der Waals surface area (Å²) in [6.07, 6.45) is 2.90. The van der Waals surface area contributed by atoms with Crippen molar-refractivity contribution in [3.63, 3.8) is 0 Å². The Hall–Kier alpha value is -1.76. The van der Waals surface area contributed by atoms with E-state index < -0.39 is 0 Å². The van der Waals surface area contributed by atoms with Crippen LogP contribution in [0.2, 0.25) is 0 Å². The zero-order valence-corrected chi connectivity index (χ0v) is 13.8. The zero-order chi connectivity index (χ0) is 15.7. The third kappa shape index (κ3) is 3.19. The molecule has 0 amide bonds. The van der Waals surface area contributed by atoms with Crippen LogP contribution >= 0.6 is 0 Å². The van der Waals surface area contributed by atoms with Crippen molar-refractivity contribution in [1.29, 1.82) is 0 Å². The maximum absolute atomic E-state index is 5.71. The molecule has 0 radical (unpaired) electrons. The van der Waals surface area contributed by atoms with Gasteiger partial charge < -0.3 is 9.73 Å². The number of nitrogens with zero attached hydrogens (tertiary/aromatic N) is 5. The number of fused-ring (bicyclic) bond motifs is 1. The van der Waals surface area contributed by atoms with Crippen molar-refractivity contribution >= 4 is 0 Å². The van der Waals surface area contributed by atoms with Crippen LogP contribution in [0.25, 0.3) is 0 Å². The van der Waals surface area contributed by atoms with Gasteiger partial charge in [0.2, 0.25) is 11.8 Å². The molecule has 1 aliphatic rings. The molecule has 0 fully saturated rings. The molecule has 120 valence electrons. The van der Waals surface area contributed by atoms with E-state index in [0.29, 0.717) is 24.4 Å². The highest BCUT2D eigenvalue weighted by atomic mass is 16.4. The van der Waals surface area contributed by atoms with Gasteiger partial charge in [0.25, 0.3) is 0 Å². The molecule has 0 bridgehead atoms. The summed E-state index contributed by atoms with van der Waals surface area (Å²) in [6.45, 7) is 9.73. The Labute approximate surface area is 130 Å². The predicted molar refractivity (Wildman–Crippen MR) is 81.3 cm³/mol. The van der Waals surface area contributed by atoms with Crippen LogP contribution in [-0.2, 0) is 31.3 Å². The van der Waals surface area contributed by atoms with E-state index in [9.17, 15) is 0 Å². The van der Waals surface area contributed by atoms with Crippen molar-refractivity contribution in [3.05, 3.63) is 23.4 Å². The van der Waals surface area contributed by atoms with Gasteiger partial charge in [0.15, 0.2) is 5.82 Å². The molecule has 3 heterocycles. The summed E-state index contributed by atoms with van der Waals surface area (Å²) in [5, 5.41) is 16.2. The minimum absolute atomic E-state index is 0.109. The summed E-state index contributed by atoms with van der Waals surface area (Å²) in [4.78, 5) is 4.54. The van der Waals surface area contributed by atoms with Gasteiger partial charge in [-0.05, 0) is 6.42 Å². The SMILES string of the molecule is CCc1nc2n(n1)C[C@H](NCc1nnc(C(C)(C)C)o1)CC2. The van der Waals surface area contributed by atoms with Crippen molar-refractivity contribution in [3.8, 4) is 0 Å². The number of aromatic nitrogens is 5. The fourth-order valence-corrected chi connectivity index (χ4v) is 2.54. The van der Waals surface area contributed by atoms with E-state index in [-0.39, 0.29) is 5.41 Å². The Morgan fingerprint density at radius 2 is 2.14 bits per heavy atom. The fraction of sp³-hybridized carbons (Fsp3) is 0.733. The number of hydrogen-bond donors (Lipinski definition) is 1. The van der Waals surface area contributed by atoms with Crippen LogP contribution < -0.4 is 5.32 Å².